The Kier molecular flexibility index (Phi) is 2.67. The predicted octanol–water partition coefficient (Wildman–Crippen LogP) is 2.80. The van der Waals surface area contributed by atoms with Crippen molar-refractivity contribution in [1.82, 2.24) is 4.90 Å². The van der Waals surface area contributed by atoms with Crippen LogP contribution in [0.2, 0.25) is 0 Å². The van der Waals surface area contributed by atoms with E-state index in [-0.39, 0.29) is 0 Å². The van der Waals surface area contributed by atoms with Crippen molar-refractivity contribution in [2.75, 3.05) is 6.54 Å². The maximum absolute atomic E-state index is 9.30. The van der Waals surface area contributed by atoms with Crippen molar-refractivity contribution in [3.05, 3.63) is 0 Å². The third-order valence-electron chi connectivity index (χ3n) is 5.12. The van der Waals surface area contributed by atoms with Crippen LogP contribution < -0.4 is 0 Å². The van der Waals surface area contributed by atoms with Gasteiger partial charge in [-0.3, -0.25) is 4.90 Å². The summed E-state index contributed by atoms with van der Waals surface area (Å²) < 4.78 is 0. The lowest BCUT2D eigenvalue weighted by atomic mass is 9.78. The number of likely N-dealkylation sites (tertiary alicyclic amines) is 1. The monoisotopic (exact) mass is 218 g/mol. The van der Waals surface area contributed by atoms with Gasteiger partial charge in [-0.2, -0.15) is 5.26 Å². The molecule has 2 heteroatoms. The van der Waals surface area contributed by atoms with Gasteiger partial charge in [0, 0.05) is 18.6 Å². The van der Waals surface area contributed by atoms with Crippen LogP contribution >= 0.6 is 0 Å². The van der Waals surface area contributed by atoms with Crippen LogP contribution in [0.25, 0.3) is 0 Å². The van der Waals surface area contributed by atoms with Crippen molar-refractivity contribution >= 4 is 0 Å². The Hall–Kier alpha value is -0.550. The predicted molar refractivity (Wildman–Crippen MR) is 63.7 cm³/mol. The SMILES string of the molecule is CC1CCC(C#N)C(N2CC3CCC2C3)C1. The molecule has 0 spiro atoms. The molecule has 0 aromatic heterocycles. The number of piperidine rings is 1. The molecule has 5 atom stereocenters. The summed E-state index contributed by atoms with van der Waals surface area (Å²) in [4.78, 5) is 2.71. The Morgan fingerprint density at radius 1 is 1.12 bits per heavy atom. The summed E-state index contributed by atoms with van der Waals surface area (Å²) in [6.07, 6.45) is 7.92. The van der Waals surface area contributed by atoms with Gasteiger partial charge in [-0.05, 0) is 50.4 Å². The fourth-order valence-corrected chi connectivity index (χ4v) is 4.24. The number of nitriles is 1. The van der Waals surface area contributed by atoms with E-state index in [1.165, 1.54) is 38.6 Å². The molecule has 2 aliphatic carbocycles. The second kappa shape index (κ2) is 4.04. The zero-order valence-corrected chi connectivity index (χ0v) is 10.2. The molecule has 1 saturated heterocycles. The van der Waals surface area contributed by atoms with Gasteiger partial charge in [0.2, 0.25) is 0 Å². The molecule has 1 heterocycles. The fourth-order valence-electron chi connectivity index (χ4n) is 4.24. The van der Waals surface area contributed by atoms with Crippen molar-refractivity contribution in [3.63, 3.8) is 0 Å². The Balaban J connectivity index is 1.74. The first-order chi connectivity index (χ1) is 7.78. The van der Waals surface area contributed by atoms with Gasteiger partial charge in [-0.1, -0.05) is 6.92 Å². The summed E-state index contributed by atoms with van der Waals surface area (Å²) in [5.41, 5.74) is 0. The first-order valence-corrected chi connectivity index (χ1v) is 6.93. The van der Waals surface area contributed by atoms with Crippen LogP contribution in [0.5, 0.6) is 0 Å². The first-order valence-electron chi connectivity index (χ1n) is 6.93. The van der Waals surface area contributed by atoms with Gasteiger partial charge in [0.15, 0.2) is 0 Å². The van der Waals surface area contributed by atoms with Crippen LogP contribution in [0.15, 0.2) is 0 Å². The van der Waals surface area contributed by atoms with E-state index in [4.69, 9.17) is 0 Å². The average Bonchev–Trinajstić information content (AvgIpc) is 2.90. The van der Waals surface area contributed by atoms with Crippen LogP contribution in [0.1, 0.15) is 45.4 Å². The van der Waals surface area contributed by atoms with E-state index < -0.39 is 0 Å². The number of hydrogen-bond donors (Lipinski definition) is 0. The maximum Gasteiger partial charge on any atom is 0.0672 e. The second-order valence-corrected chi connectivity index (χ2v) is 6.25. The van der Waals surface area contributed by atoms with Crippen LogP contribution in [0.4, 0.5) is 0 Å². The fraction of sp³-hybridized carbons (Fsp3) is 0.929. The molecule has 3 rings (SSSR count). The summed E-state index contributed by atoms with van der Waals surface area (Å²) in [5, 5.41) is 9.30. The molecule has 2 saturated carbocycles. The number of rotatable bonds is 1. The van der Waals surface area contributed by atoms with Crippen LogP contribution in [0.3, 0.4) is 0 Å². The van der Waals surface area contributed by atoms with Gasteiger partial charge in [-0.25, -0.2) is 0 Å². The highest BCUT2D eigenvalue weighted by molar-refractivity contribution is 5.03. The third kappa shape index (κ3) is 1.66. The molecular weight excluding hydrogens is 196 g/mol. The molecule has 3 aliphatic rings. The highest BCUT2D eigenvalue weighted by Gasteiger charge is 2.44. The molecule has 2 bridgehead atoms. The molecule has 0 amide bonds. The lowest BCUT2D eigenvalue weighted by Gasteiger charge is -2.41. The normalized spacial score (nSPS) is 48.1. The lowest BCUT2D eigenvalue weighted by Crippen LogP contribution is -2.47. The highest BCUT2D eigenvalue weighted by atomic mass is 15.2. The number of nitrogens with zero attached hydrogens (tertiary/aromatic N) is 2. The van der Waals surface area contributed by atoms with E-state index in [9.17, 15) is 5.26 Å². The van der Waals surface area contributed by atoms with E-state index in [1.807, 2.05) is 0 Å². The molecule has 16 heavy (non-hydrogen) atoms. The summed E-state index contributed by atoms with van der Waals surface area (Å²) in [7, 11) is 0. The van der Waals surface area contributed by atoms with E-state index in [2.05, 4.69) is 17.9 Å². The summed E-state index contributed by atoms with van der Waals surface area (Å²) >= 11 is 0. The van der Waals surface area contributed by atoms with E-state index in [0.29, 0.717) is 12.0 Å². The molecule has 0 N–H and O–H groups in total. The Morgan fingerprint density at radius 2 is 2.00 bits per heavy atom. The Labute approximate surface area is 98.6 Å². The molecule has 5 unspecified atom stereocenters. The largest absolute Gasteiger partial charge is 0.296 e. The van der Waals surface area contributed by atoms with Crippen LogP contribution in [-0.4, -0.2) is 23.5 Å². The molecule has 3 fully saturated rings. The van der Waals surface area contributed by atoms with Gasteiger partial charge in [0.1, 0.15) is 0 Å². The molecule has 0 radical (unpaired) electrons. The number of fused-ring (bicyclic) bond motifs is 2. The van der Waals surface area contributed by atoms with Crippen LogP contribution in [0, 0.1) is 29.1 Å². The molecule has 88 valence electrons. The van der Waals surface area contributed by atoms with Crippen molar-refractivity contribution in [2.24, 2.45) is 17.8 Å². The van der Waals surface area contributed by atoms with Crippen LogP contribution in [-0.2, 0) is 0 Å². The third-order valence-corrected chi connectivity index (χ3v) is 5.12. The second-order valence-electron chi connectivity index (χ2n) is 6.25. The average molecular weight is 218 g/mol. The minimum Gasteiger partial charge on any atom is -0.296 e. The summed E-state index contributed by atoms with van der Waals surface area (Å²) in [6, 6.07) is 3.99. The van der Waals surface area contributed by atoms with Gasteiger partial charge >= 0.3 is 0 Å². The van der Waals surface area contributed by atoms with Gasteiger partial charge in [0.05, 0.1) is 12.0 Å². The molecular formula is C14H22N2. The molecule has 1 aliphatic heterocycles. The highest BCUT2D eigenvalue weighted by Crippen LogP contribution is 2.43. The minimum absolute atomic E-state index is 0.315. The van der Waals surface area contributed by atoms with Gasteiger partial charge in [0.25, 0.3) is 0 Å². The minimum atomic E-state index is 0.315. The zero-order valence-electron chi connectivity index (χ0n) is 10.2. The molecule has 0 aromatic rings. The number of hydrogen-bond acceptors (Lipinski definition) is 2. The topological polar surface area (TPSA) is 27.0 Å². The van der Waals surface area contributed by atoms with Gasteiger partial charge in [-0.15, -0.1) is 0 Å². The zero-order chi connectivity index (χ0) is 11.1. The van der Waals surface area contributed by atoms with Gasteiger partial charge < -0.3 is 0 Å². The standard InChI is InChI=1S/C14H22N2/c1-10-2-4-12(8-15)14(6-10)16-9-11-3-5-13(16)7-11/h10-14H,2-7,9H2,1H3. The molecule has 0 aromatic carbocycles. The van der Waals surface area contributed by atoms with E-state index >= 15 is 0 Å². The van der Waals surface area contributed by atoms with E-state index in [0.717, 1.165) is 24.3 Å². The maximum atomic E-state index is 9.30. The lowest BCUT2D eigenvalue weighted by molar-refractivity contribution is 0.0769. The Bertz CT molecular complexity index is 306. The molecule has 2 nitrogen and oxygen atoms in total. The van der Waals surface area contributed by atoms with Crippen molar-refractivity contribution in [1.29, 1.82) is 5.26 Å². The summed E-state index contributed by atoms with van der Waals surface area (Å²) in [6.45, 7) is 3.65. The Morgan fingerprint density at radius 3 is 2.62 bits per heavy atom. The first kappa shape index (κ1) is 10.6. The quantitative estimate of drug-likeness (QED) is 0.676. The smallest absolute Gasteiger partial charge is 0.0672 e. The van der Waals surface area contributed by atoms with Crippen molar-refractivity contribution < 1.29 is 0 Å². The summed E-state index contributed by atoms with van der Waals surface area (Å²) in [5.74, 6) is 2.10. The van der Waals surface area contributed by atoms with Crippen molar-refractivity contribution in [2.45, 2.75) is 57.5 Å². The van der Waals surface area contributed by atoms with Crippen molar-refractivity contribution in [3.8, 4) is 6.07 Å². The van der Waals surface area contributed by atoms with E-state index in [1.54, 1.807) is 0 Å².